The lowest BCUT2D eigenvalue weighted by molar-refractivity contribution is -0.0272. The molecule has 1 N–H and O–H groups in total. The van der Waals surface area contributed by atoms with E-state index in [0.717, 1.165) is 96.8 Å². The van der Waals surface area contributed by atoms with Gasteiger partial charge in [-0.05, 0) is 100.0 Å². The first-order valence-electron chi connectivity index (χ1n) is 20.7. The van der Waals surface area contributed by atoms with Crippen molar-refractivity contribution in [2.24, 2.45) is 11.3 Å². The van der Waals surface area contributed by atoms with Crippen molar-refractivity contribution in [3.63, 3.8) is 0 Å². The Morgan fingerprint density at radius 3 is 2.44 bits per heavy atom. The summed E-state index contributed by atoms with van der Waals surface area (Å²) < 4.78 is 26.3. The number of rotatable bonds is 10. The zero-order chi connectivity index (χ0) is 41.1. The van der Waals surface area contributed by atoms with Crippen molar-refractivity contribution >= 4 is 34.8 Å². The first-order valence-corrected chi connectivity index (χ1v) is 20.7. The van der Waals surface area contributed by atoms with E-state index in [2.05, 4.69) is 32.2 Å². The van der Waals surface area contributed by atoms with Crippen LogP contribution in [0.25, 0.3) is 16.9 Å². The van der Waals surface area contributed by atoms with Crippen LogP contribution in [0.2, 0.25) is 0 Å². The zero-order valence-corrected chi connectivity index (χ0v) is 34.4. The number of aromatic nitrogens is 5. The maximum Gasteiger partial charge on any atom is 0.410 e. The predicted molar refractivity (Wildman–Crippen MR) is 223 cm³/mol. The molecule has 1 spiro atoms. The van der Waals surface area contributed by atoms with E-state index in [1.807, 2.05) is 81.5 Å². The third kappa shape index (κ3) is 7.88. The molecule has 0 radical (unpaired) electrons. The summed E-state index contributed by atoms with van der Waals surface area (Å²) in [5, 5.41) is 7.79. The molecular formula is C45H52FN9O4. The molecule has 1 saturated heterocycles. The smallest absolute Gasteiger partial charge is 0.410 e. The van der Waals surface area contributed by atoms with E-state index in [-0.39, 0.29) is 11.8 Å². The fraction of sp³-hybridized carbons (Fsp3) is 0.467. The van der Waals surface area contributed by atoms with Gasteiger partial charge < -0.3 is 29.5 Å². The van der Waals surface area contributed by atoms with E-state index in [9.17, 15) is 14.0 Å². The third-order valence-corrected chi connectivity index (χ3v) is 12.4. The number of nitrogens with zero attached hydrogens (tertiary/aromatic N) is 8. The van der Waals surface area contributed by atoms with Crippen LogP contribution in [0, 0.1) is 11.3 Å². The van der Waals surface area contributed by atoms with Crippen LogP contribution in [0.5, 0.6) is 5.75 Å². The monoisotopic (exact) mass is 801 g/mol. The standard InChI is InChI=1S/C45H52FN9O4/c1-44(2,3)59-43(57)53-17-14-45(15-18-53)22-29(23-45)19-30-24-48-36(25-47-30)32-7-6-8-37-33(32)13-16-54(37)40-21-38(52(4)27-28-9-11-31(58-5)12-10-28)41-49-26-39(55(41)51-40)42(56)50-35-20-34(35)46/h6-12,21,24-26,29,34-35H,13-20,22-23,27H2,1-5H3,(H,50,56)/t34-,35+/m0/s1. The van der Waals surface area contributed by atoms with Crippen LogP contribution in [0.4, 0.5) is 26.4 Å². The lowest BCUT2D eigenvalue weighted by atomic mass is 9.56. The molecule has 2 amide bonds. The fourth-order valence-electron chi connectivity index (χ4n) is 9.17. The van der Waals surface area contributed by atoms with Crippen molar-refractivity contribution in [1.82, 2.24) is 34.8 Å². The molecule has 2 aromatic carbocycles. The summed E-state index contributed by atoms with van der Waals surface area (Å²) in [6.07, 6.45) is 10.5. The average molecular weight is 802 g/mol. The molecule has 3 fully saturated rings. The Morgan fingerprint density at radius 2 is 1.76 bits per heavy atom. The molecule has 4 aliphatic rings. The van der Waals surface area contributed by atoms with Gasteiger partial charge in [-0.1, -0.05) is 24.3 Å². The highest BCUT2D eigenvalue weighted by Gasteiger charge is 2.46. The number of hydrogen-bond donors (Lipinski definition) is 1. The Morgan fingerprint density at radius 1 is 1.00 bits per heavy atom. The number of ether oxygens (including phenoxy) is 2. The van der Waals surface area contributed by atoms with E-state index in [1.54, 1.807) is 11.6 Å². The highest BCUT2D eigenvalue weighted by Crippen LogP contribution is 2.53. The number of fused-ring (bicyclic) bond motifs is 2. The molecule has 0 unspecified atom stereocenters. The van der Waals surface area contributed by atoms with Gasteiger partial charge in [0, 0.05) is 63.2 Å². The number of hydrogen-bond acceptors (Lipinski definition) is 10. The Kier molecular flexibility index (Phi) is 9.91. The first kappa shape index (κ1) is 38.7. The highest BCUT2D eigenvalue weighted by molar-refractivity contribution is 5.94. The van der Waals surface area contributed by atoms with Crippen molar-refractivity contribution in [1.29, 1.82) is 0 Å². The largest absolute Gasteiger partial charge is 0.497 e. The number of imidazole rings is 1. The summed E-state index contributed by atoms with van der Waals surface area (Å²) in [5.74, 6) is 1.62. The fourth-order valence-corrected chi connectivity index (χ4v) is 9.17. The van der Waals surface area contributed by atoms with Gasteiger partial charge in [0.1, 0.15) is 17.5 Å². The van der Waals surface area contributed by atoms with Crippen molar-refractivity contribution in [3.8, 4) is 17.0 Å². The molecule has 3 aromatic heterocycles. The summed E-state index contributed by atoms with van der Waals surface area (Å²) >= 11 is 0. The molecule has 9 rings (SSSR count). The molecule has 2 saturated carbocycles. The van der Waals surface area contributed by atoms with Crippen LogP contribution in [0.3, 0.4) is 0 Å². The number of piperidine rings is 1. The van der Waals surface area contributed by atoms with E-state index in [0.29, 0.717) is 42.3 Å². The summed E-state index contributed by atoms with van der Waals surface area (Å²) in [7, 11) is 3.64. The second-order valence-corrected chi connectivity index (χ2v) is 17.8. The average Bonchev–Trinajstić information content (AvgIpc) is 3.53. The first-order chi connectivity index (χ1) is 28.3. The minimum absolute atomic E-state index is 0.204. The Labute approximate surface area is 343 Å². The second kappa shape index (κ2) is 15.1. The molecule has 13 nitrogen and oxygen atoms in total. The highest BCUT2D eigenvalue weighted by atomic mass is 19.1. The van der Waals surface area contributed by atoms with Gasteiger partial charge in [-0.25, -0.2) is 18.7 Å². The summed E-state index contributed by atoms with van der Waals surface area (Å²) in [5.41, 5.74) is 7.55. The van der Waals surface area contributed by atoms with E-state index in [1.165, 1.54) is 6.20 Å². The van der Waals surface area contributed by atoms with Crippen molar-refractivity contribution in [2.75, 3.05) is 43.6 Å². The van der Waals surface area contributed by atoms with Crippen LogP contribution in [0.15, 0.2) is 67.1 Å². The summed E-state index contributed by atoms with van der Waals surface area (Å²) in [6.45, 7) is 8.50. The number of halogens is 1. The number of carbonyl (C=O) groups excluding carboxylic acids is 2. The van der Waals surface area contributed by atoms with E-state index in [4.69, 9.17) is 24.5 Å². The number of amides is 2. The molecule has 2 aliphatic carbocycles. The minimum atomic E-state index is -1.03. The number of alkyl halides is 1. The quantitative estimate of drug-likeness (QED) is 0.153. The number of nitrogens with one attached hydrogen (secondary N) is 1. The van der Waals surface area contributed by atoms with E-state index < -0.39 is 23.7 Å². The van der Waals surface area contributed by atoms with Gasteiger partial charge >= 0.3 is 6.09 Å². The van der Waals surface area contributed by atoms with Crippen LogP contribution in [-0.4, -0.2) is 93.1 Å². The van der Waals surface area contributed by atoms with Gasteiger partial charge in [0.05, 0.1) is 42.6 Å². The summed E-state index contributed by atoms with van der Waals surface area (Å²) in [6, 6.07) is 15.7. The Balaban J connectivity index is 0.917. The van der Waals surface area contributed by atoms with E-state index >= 15 is 0 Å². The lowest BCUT2D eigenvalue weighted by Gasteiger charge is -2.52. The van der Waals surface area contributed by atoms with Gasteiger partial charge in [0.15, 0.2) is 17.2 Å². The number of likely N-dealkylation sites (tertiary alicyclic amines) is 1. The number of carbonyl (C=O) groups is 2. The van der Waals surface area contributed by atoms with Gasteiger partial charge in [0.2, 0.25) is 0 Å². The van der Waals surface area contributed by atoms with Crippen molar-refractivity contribution in [3.05, 3.63) is 89.6 Å². The maximum absolute atomic E-state index is 13.8. The normalized spacial score (nSPS) is 19.7. The number of methoxy groups -OCH3 is 1. The lowest BCUT2D eigenvalue weighted by Crippen LogP contribution is -2.50. The molecule has 2 atom stereocenters. The molecule has 0 bridgehead atoms. The summed E-state index contributed by atoms with van der Waals surface area (Å²) in [4.78, 5) is 46.6. The van der Waals surface area contributed by atoms with Crippen LogP contribution in [-0.2, 0) is 24.1 Å². The topological polar surface area (TPSA) is 130 Å². The molecule has 5 heterocycles. The van der Waals surface area contributed by atoms with Crippen LogP contribution >= 0.6 is 0 Å². The SMILES string of the molecule is COc1ccc(CN(C)c2cc(N3CCc4c(-c5cnc(CC6CC7(CCN(C(=O)OC(C)(C)C)CC7)C6)cn5)cccc43)nn3c(C(=O)N[C@@H]4C[C@@H]4F)cnc23)cc1. The third-order valence-electron chi connectivity index (χ3n) is 12.4. The van der Waals surface area contributed by atoms with Crippen LogP contribution in [0.1, 0.15) is 80.2 Å². The Bertz CT molecular complexity index is 2360. The van der Waals surface area contributed by atoms with Crippen molar-refractivity contribution in [2.45, 2.75) is 90.1 Å². The van der Waals surface area contributed by atoms with Crippen molar-refractivity contribution < 1.29 is 23.5 Å². The van der Waals surface area contributed by atoms with Crippen LogP contribution < -0.4 is 19.9 Å². The molecule has 2 aliphatic heterocycles. The molecule has 308 valence electrons. The Hall–Kier alpha value is -5.79. The maximum atomic E-state index is 13.8. The molecule has 14 heteroatoms. The molecule has 59 heavy (non-hydrogen) atoms. The number of anilines is 3. The van der Waals surface area contributed by atoms with Gasteiger partial charge in [-0.15, -0.1) is 5.10 Å². The van der Waals surface area contributed by atoms with Gasteiger partial charge in [-0.2, -0.15) is 0 Å². The zero-order valence-electron chi connectivity index (χ0n) is 34.4. The molecular weight excluding hydrogens is 750 g/mol. The minimum Gasteiger partial charge on any atom is -0.497 e. The molecule has 5 aromatic rings. The van der Waals surface area contributed by atoms with Gasteiger partial charge in [0.25, 0.3) is 5.91 Å². The van der Waals surface area contributed by atoms with Gasteiger partial charge in [-0.3, -0.25) is 14.8 Å². The predicted octanol–water partition coefficient (Wildman–Crippen LogP) is 7.34. The second-order valence-electron chi connectivity index (χ2n) is 17.8. The number of benzene rings is 2.